The van der Waals surface area contributed by atoms with Crippen molar-refractivity contribution in [1.29, 1.82) is 0 Å². The Morgan fingerprint density at radius 1 is 1.58 bits per heavy atom. The minimum atomic E-state index is -0.964. The van der Waals surface area contributed by atoms with Crippen LogP contribution in [0.4, 0.5) is 5.69 Å². The molecule has 1 atom stereocenters. The predicted octanol–water partition coefficient (Wildman–Crippen LogP) is 1.58. The Hall–Kier alpha value is -1.59. The molecular weight excluding hydrogens is 244 g/mol. The van der Waals surface area contributed by atoms with Crippen molar-refractivity contribution in [2.45, 2.75) is 26.0 Å². The predicted molar refractivity (Wildman–Crippen MR) is 73.1 cm³/mol. The van der Waals surface area contributed by atoms with Crippen LogP contribution in [0.5, 0.6) is 0 Å². The zero-order valence-corrected chi connectivity index (χ0v) is 11.1. The van der Waals surface area contributed by atoms with Gasteiger partial charge in [-0.2, -0.15) is 0 Å². The average Bonchev–Trinajstić information content (AvgIpc) is 2.38. The highest BCUT2D eigenvalue weighted by atomic mass is 16.5. The third kappa shape index (κ3) is 3.24. The number of ether oxygens (including phenoxy) is 1. The maximum absolute atomic E-state index is 11.3. The first-order valence-electron chi connectivity index (χ1n) is 6.56. The van der Waals surface area contributed by atoms with E-state index in [1.165, 1.54) is 0 Å². The number of carboxylic acid groups (broad SMARTS) is 1. The minimum absolute atomic E-state index is 0.224. The van der Waals surface area contributed by atoms with Gasteiger partial charge in [-0.05, 0) is 18.1 Å². The Kier molecular flexibility index (Phi) is 4.39. The Morgan fingerprint density at radius 3 is 3.05 bits per heavy atom. The van der Waals surface area contributed by atoms with Crippen LogP contribution in [-0.2, 0) is 11.3 Å². The number of carbonyl (C=O) groups is 1. The van der Waals surface area contributed by atoms with Gasteiger partial charge in [0, 0.05) is 25.3 Å². The van der Waals surface area contributed by atoms with E-state index in [1.54, 1.807) is 12.1 Å². The van der Waals surface area contributed by atoms with Crippen LogP contribution in [0.3, 0.4) is 0 Å². The summed E-state index contributed by atoms with van der Waals surface area (Å²) in [7, 11) is 0. The number of carboxylic acids is 1. The van der Waals surface area contributed by atoms with E-state index in [0.29, 0.717) is 18.8 Å². The number of nitrogen functional groups attached to an aromatic ring is 1. The highest BCUT2D eigenvalue weighted by Crippen LogP contribution is 2.20. The Bertz CT molecular complexity index is 462. The van der Waals surface area contributed by atoms with Crippen molar-refractivity contribution < 1.29 is 14.6 Å². The van der Waals surface area contributed by atoms with Gasteiger partial charge in [0.1, 0.15) is 0 Å². The molecular formula is C14H20N2O3. The van der Waals surface area contributed by atoms with Gasteiger partial charge in [0.25, 0.3) is 0 Å². The molecule has 2 rings (SSSR count). The van der Waals surface area contributed by atoms with Crippen molar-refractivity contribution in [2.24, 2.45) is 0 Å². The molecule has 3 N–H and O–H groups in total. The van der Waals surface area contributed by atoms with Crippen LogP contribution < -0.4 is 5.73 Å². The fraction of sp³-hybridized carbons (Fsp3) is 0.500. The first-order chi connectivity index (χ1) is 9.11. The van der Waals surface area contributed by atoms with Crippen LogP contribution in [0.1, 0.15) is 29.3 Å². The smallest absolute Gasteiger partial charge is 0.338 e. The lowest BCUT2D eigenvalue weighted by molar-refractivity contribution is -0.0325. The highest BCUT2D eigenvalue weighted by Gasteiger charge is 2.21. The summed E-state index contributed by atoms with van der Waals surface area (Å²) in [6, 6.07) is 5.26. The summed E-state index contributed by atoms with van der Waals surface area (Å²) in [5, 5.41) is 9.25. The lowest BCUT2D eigenvalue weighted by atomic mass is 10.0. The molecule has 19 heavy (non-hydrogen) atoms. The van der Waals surface area contributed by atoms with Crippen molar-refractivity contribution in [3.63, 3.8) is 0 Å². The maximum Gasteiger partial charge on any atom is 0.338 e. The first kappa shape index (κ1) is 13.8. The summed E-state index contributed by atoms with van der Waals surface area (Å²) < 4.78 is 5.61. The van der Waals surface area contributed by atoms with Crippen LogP contribution in [0, 0.1) is 0 Å². The van der Waals surface area contributed by atoms with Gasteiger partial charge in [-0.15, -0.1) is 0 Å². The summed E-state index contributed by atoms with van der Waals surface area (Å²) in [6.45, 7) is 5.06. The van der Waals surface area contributed by atoms with Crippen molar-refractivity contribution in [1.82, 2.24) is 4.90 Å². The average molecular weight is 264 g/mol. The van der Waals surface area contributed by atoms with E-state index in [2.05, 4.69) is 11.8 Å². The van der Waals surface area contributed by atoms with Gasteiger partial charge in [-0.3, -0.25) is 4.90 Å². The number of rotatable bonds is 4. The van der Waals surface area contributed by atoms with Crippen LogP contribution >= 0.6 is 0 Å². The van der Waals surface area contributed by atoms with Crippen LogP contribution in [-0.4, -0.2) is 41.8 Å². The molecule has 1 aromatic rings. The van der Waals surface area contributed by atoms with Crippen molar-refractivity contribution in [3.8, 4) is 0 Å². The van der Waals surface area contributed by atoms with E-state index >= 15 is 0 Å². The molecule has 0 aliphatic carbocycles. The minimum Gasteiger partial charge on any atom is -0.478 e. The largest absolute Gasteiger partial charge is 0.478 e. The molecule has 0 amide bonds. The number of hydrogen-bond acceptors (Lipinski definition) is 4. The third-order valence-corrected chi connectivity index (χ3v) is 3.47. The number of morpholine rings is 1. The SMILES string of the molecule is CCC1CN(Cc2cccc(N)c2C(=O)O)CCO1. The third-order valence-electron chi connectivity index (χ3n) is 3.47. The number of anilines is 1. The molecule has 0 bridgehead atoms. The standard InChI is InChI=1S/C14H20N2O3/c1-2-11-9-16(6-7-19-11)8-10-4-3-5-12(15)13(10)14(17)18/h3-5,11H,2,6-9,15H2,1H3,(H,17,18). The second-order valence-electron chi connectivity index (χ2n) is 4.82. The van der Waals surface area contributed by atoms with Crippen molar-refractivity contribution in [3.05, 3.63) is 29.3 Å². The highest BCUT2D eigenvalue weighted by molar-refractivity contribution is 5.95. The summed E-state index contributed by atoms with van der Waals surface area (Å²) in [4.78, 5) is 13.5. The molecule has 1 aliphatic rings. The zero-order valence-electron chi connectivity index (χ0n) is 11.1. The van der Waals surface area contributed by atoms with Gasteiger partial charge >= 0.3 is 5.97 Å². The second-order valence-corrected chi connectivity index (χ2v) is 4.82. The number of benzene rings is 1. The maximum atomic E-state index is 11.3. The van der Waals surface area contributed by atoms with E-state index in [4.69, 9.17) is 10.5 Å². The fourth-order valence-electron chi connectivity index (χ4n) is 2.42. The molecule has 0 radical (unpaired) electrons. The van der Waals surface area contributed by atoms with E-state index in [-0.39, 0.29) is 11.7 Å². The molecule has 1 aliphatic heterocycles. The van der Waals surface area contributed by atoms with E-state index in [9.17, 15) is 9.90 Å². The van der Waals surface area contributed by atoms with E-state index in [1.807, 2.05) is 6.07 Å². The molecule has 1 fully saturated rings. The van der Waals surface area contributed by atoms with Gasteiger partial charge < -0.3 is 15.6 Å². The zero-order chi connectivity index (χ0) is 13.8. The molecule has 1 aromatic carbocycles. The topological polar surface area (TPSA) is 75.8 Å². The van der Waals surface area contributed by atoms with Crippen molar-refractivity contribution in [2.75, 3.05) is 25.4 Å². The molecule has 5 heteroatoms. The number of aromatic carboxylic acids is 1. The Morgan fingerprint density at radius 2 is 2.37 bits per heavy atom. The molecule has 104 valence electrons. The quantitative estimate of drug-likeness (QED) is 0.807. The fourth-order valence-corrected chi connectivity index (χ4v) is 2.42. The van der Waals surface area contributed by atoms with Gasteiger partial charge in [-0.1, -0.05) is 19.1 Å². The molecule has 1 unspecified atom stereocenters. The van der Waals surface area contributed by atoms with Gasteiger partial charge in [-0.25, -0.2) is 4.79 Å². The monoisotopic (exact) mass is 264 g/mol. The molecule has 1 heterocycles. The van der Waals surface area contributed by atoms with Crippen LogP contribution in [0.25, 0.3) is 0 Å². The summed E-state index contributed by atoms with van der Waals surface area (Å²) >= 11 is 0. The summed E-state index contributed by atoms with van der Waals surface area (Å²) in [6.07, 6.45) is 1.21. The van der Waals surface area contributed by atoms with Gasteiger partial charge in [0.15, 0.2) is 0 Å². The molecule has 0 aromatic heterocycles. The van der Waals surface area contributed by atoms with Gasteiger partial charge in [0.05, 0.1) is 18.3 Å². The summed E-state index contributed by atoms with van der Waals surface area (Å²) in [5.74, 6) is -0.964. The molecule has 1 saturated heterocycles. The first-order valence-corrected chi connectivity index (χ1v) is 6.56. The summed E-state index contributed by atoms with van der Waals surface area (Å²) in [5.41, 5.74) is 7.07. The van der Waals surface area contributed by atoms with E-state index < -0.39 is 5.97 Å². The Balaban J connectivity index is 2.14. The lowest BCUT2D eigenvalue weighted by Crippen LogP contribution is -2.41. The number of hydrogen-bond donors (Lipinski definition) is 2. The van der Waals surface area contributed by atoms with E-state index in [0.717, 1.165) is 25.1 Å². The normalized spacial score (nSPS) is 20.4. The van der Waals surface area contributed by atoms with Crippen molar-refractivity contribution >= 4 is 11.7 Å². The second kappa shape index (κ2) is 6.04. The molecule has 5 nitrogen and oxygen atoms in total. The van der Waals surface area contributed by atoms with Gasteiger partial charge in [0.2, 0.25) is 0 Å². The number of nitrogens with two attached hydrogens (primary N) is 1. The Labute approximate surface area is 113 Å². The van der Waals surface area contributed by atoms with Crippen LogP contribution in [0.15, 0.2) is 18.2 Å². The molecule has 0 saturated carbocycles. The lowest BCUT2D eigenvalue weighted by Gasteiger charge is -2.32. The van der Waals surface area contributed by atoms with Crippen LogP contribution in [0.2, 0.25) is 0 Å². The number of nitrogens with zero attached hydrogens (tertiary/aromatic N) is 1. The molecule has 0 spiro atoms.